The number of hydrogen-bond acceptors (Lipinski definition) is 5. The van der Waals surface area contributed by atoms with Crippen LogP contribution in [0.1, 0.15) is 5.56 Å². The largest absolute Gasteiger partial charge is 0.493 e. The average molecular weight is 398 g/mol. The van der Waals surface area contributed by atoms with Gasteiger partial charge in [0.05, 0.1) is 32.5 Å². The van der Waals surface area contributed by atoms with Crippen LogP contribution >= 0.6 is 11.6 Å². The van der Waals surface area contributed by atoms with E-state index in [4.69, 9.17) is 21.1 Å². The first-order valence-electron chi connectivity index (χ1n) is 8.57. The molecule has 1 heterocycles. The van der Waals surface area contributed by atoms with Crippen LogP contribution in [0, 0.1) is 0 Å². The fourth-order valence-electron chi connectivity index (χ4n) is 2.60. The molecule has 2 N–H and O–H groups in total. The lowest BCUT2D eigenvalue weighted by Gasteiger charge is -2.11. The molecule has 0 atom stereocenters. The van der Waals surface area contributed by atoms with Crippen LogP contribution in [0.25, 0.3) is 0 Å². The Labute approximate surface area is 168 Å². The van der Waals surface area contributed by atoms with Gasteiger partial charge in [0.15, 0.2) is 11.5 Å². The summed E-state index contributed by atoms with van der Waals surface area (Å²) in [5, 5.41) is 6.66. The highest BCUT2D eigenvalue weighted by molar-refractivity contribution is 6.30. The zero-order chi connectivity index (χ0) is 19.9. The molecule has 1 amide bonds. The molecule has 0 fully saturated rings. The SMILES string of the molecule is COc1ccc(Nc2ccc(NC(=O)Cc3ccc(Cl)cc3)nc2)cc1OC. The molecule has 3 rings (SSSR count). The molecule has 7 heteroatoms. The maximum Gasteiger partial charge on any atom is 0.229 e. The summed E-state index contributed by atoms with van der Waals surface area (Å²) in [6.07, 6.45) is 1.90. The molecule has 0 aliphatic heterocycles. The van der Waals surface area contributed by atoms with E-state index in [1.165, 1.54) is 0 Å². The number of nitrogens with zero attached hydrogens (tertiary/aromatic N) is 1. The van der Waals surface area contributed by atoms with Gasteiger partial charge >= 0.3 is 0 Å². The van der Waals surface area contributed by atoms with Crippen molar-refractivity contribution in [2.75, 3.05) is 24.9 Å². The summed E-state index contributed by atoms with van der Waals surface area (Å²) in [4.78, 5) is 16.4. The Kier molecular flexibility index (Phi) is 6.34. The van der Waals surface area contributed by atoms with Gasteiger partial charge in [-0.3, -0.25) is 4.79 Å². The van der Waals surface area contributed by atoms with Crippen LogP contribution in [0.3, 0.4) is 0 Å². The smallest absolute Gasteiger partial charge is 0.229 e. The molecule has 3 aromatic rings. The number of aromatic nitrogens is 1. The van der Waals surface area contributed by atoms with Crippen molar-refractivity contribution >= 4 is 34.7 Å². The summed E-state index contributed by atoms with van der Waals surface area (Å²) in [6, 6.07) is 16.3. The predicted molar refractivity (Wildman–Crippen MR) is 111 cm³/mol. The Morgan fingerprint density at radius 3 is 2.32 bits per heavy atom. The maximum atomic E-state index is 12.1. The van der Waals surface area contributed by atoms with Crippen molar-refractivity contribution in [3.05, 3.63) is 71.4 Å². The molecule has 6 nitrogen and oxygen atoms in total. The molecule has 1 aromatic heterocycles. The first-order chi connectivity index (χ1) is 13.6. The Balaban J connectivity index is 1.60. The third-order valence-electron chi connectivity index (χ3n) is 3.98. The number of halogens is 1. The molecule has 0 radical (unpaired) electrons. The number of pyridine rings is 1. The lowest BCUT2D eigenvalue weighted by atomic mass is 10.1. The van der Waals surface area contributed by atoms with E-state index < -0.39 is 0 Å². The second kappa shape index (κ2) is 9.10. The number of amides is 1. The van der Waals surface area contributed by atoms with E-state index in [9.17, 15) is 4.79 Å². The van der Waals surface area contributed by atoms with E-state index in [-0.39, 0.29) is 12.3 Å². The maximum absolute atomic E-state index is 12.1. The third kappa shape index (κ3) is 5.14. The van der Waals surface area contributed by atoms with Gasteiger partial charge in [-0.15, -0.1) is 0 Å². The fraction of sp³-hybridized carbons (Fsp3) is 0.143. The lowest BCUT2D eigenvalue weighted by molar-refractivity contribution is -0.115. The van der Waals surface area contributed by atoms with Crippen molar-refractivity contribution < 1.29 is 14.3 Å². The van der Waals surface area contributed by atoms with E-state index in [0.29, 0.717) is 22.3 Å². The number of anilines is 3. The third-order valence-corrected chi connectivity index (χ3v) is 4.23. The van der Waals surface area contributed by atoms with E-state index in [0.717, 1.165) is 16.9 Å². The van der Waals surface area contributed by atoms with Gasteiger partial charge in [0.25, 0.3) is 0 Å². The van der Waals surface area contributed by atoms with E-state index in [1.54, 1.807) is 38.6 Å². The van der Waals surface area contributed by atoms with E-state index in [1.807, 2.05) is 36.4 Å². The van der Waals surface area contributed by atoms with Crippen LogP contribution in [0.4, 0.5) is 17.2 Å². The van der Waals surface area contributed by atoms with Gasteiger partial charge in [-0.25, -0.2) is 4.98 Å². The van der Waals surface area contributed by atoms with Crippen LogP contribution in [0.2, 0.25) is 5.02 Å². The molecule has 0 unspecified atom stereocenters. The monoisotopic (exact) mass is 397 g/mol. The van der Waals surface area contributed by atoms with Gasteiger partial charge in [0, 0.05) is 16.8 Å². The quantitative estimate of drug-likeness (QED) is 0.605. The Hall–Kier alpha value is -3.25. The lowest BCUT2D eigenvalue weighted by Crippen LogP contribution is -2.15. The molecule has 0 aliphatic carbocycles. The van der Waals surface area contributed by atoms with Crippen molar-refractivity contribution in [1.29, 1.82) is 0 Å². The minimum absolute atomic E-state index is 0.143. The molecule has 144 valence electrons. The van der Waals surface area contributed by atoms with Gasteiger partial charge in [-0.2, -0.15) is 0 Å². The van der Waals surface area contributed by atoms with Crippen molar-refractivity contribution in [3.63, 3.8) is 0 Å². The van der Waals surface area contributed by atoms with Crippen molar-refractivity contribution in [3.8, 4) is 11.5 Å². The summed E-state index contributed by atoms with van der Waals surface area (Å²) in [5.74, 6) is 1.63. The summed E-state index contributed by atoms with van der Waals surface area (Å²) in [7, 11) is 3.18. The van der Waals surface area contributed by atoms with Crippen LogP contribution in [0.15, 0.2) is 60.8 Å². The summed E-state index contributed by atoms with van der Waals surface area (Å²) >= 11 is 5.85. The summed E-state index contributed by atoms with van der Waals surface area (Å²) in [5.41, 5.74) is 2.50. The Morgan fingerprint density at radius 1 is 0.964 bits per heavy atom. The van der Waals surface area contributed by atoms with E-state index >= 15 is 0 Å². The first-order valence-corrected chi connectivity index (χ1v) is 8.94. The molecule has 2 aromatic carbocycles. The minimum Gasteiger partial charge on any atom is -0.493 e. The highest BCUT2D eigenvalue weighted by Crippen LogP contribution is 2.31. The molecular formula is C21H20ClN3O3. The highest BCUT2D eigenvalue weighted by atomic mass is 35.5. The molecule has 0 saturated carbocycles. The van der Waals surface area contributed by atoms with Crippen LogP contribution < -0.4 is 20.1 Å². The van der Waals surface area contributed by atoms with Crippen LogP contribution in [-0.4, -0.2) is 25.1 Å². The summed E-state index contributed by atoms with van der Waals surface area (Å²) in [6.45, 7) is 0. The fourth-order valence-corrected chi connectivity index (χ4v) is 2.72. The number of carbonyl (C=O) groups is 1. The molecule has 0 saturated heterocycles. The van der Waals surface area contributed by atoms with Crippen molar-refractivity contribution in [2.45, 2.75) is 6.42 Å². The Bertz CT molecular complexity index is 944. The zero-order valence-corrected chi connectivity index (χ0v) is 16.3. The molecule has 0 bridgehead atoms. The van der Waals surface area contributed by atoms with Crippen LogP contribution in [0.5, 0.6) is 11.5 Å². The second-order valence-electron chi connectivity index (χ2n) is 5.98. The number of nitrogens with one attached hydrogen (secondary N) is 2. The van der Waals surface area contributed by atoms with E-state index in [2.05, 4.69) is 15.6 Å². The normalized spacial score (nSPS) is 10.2. The predicted octanol–water partition coefficient (Wildman–Crippen LogP) is 4.68. The van der Waals surface area contributed by atoms with Gasteiger partial charge in [0.2, 0.25) is 5.91 Å². The van der Waals surface area contributed by atoms with Crippen molar-refractivity contribution in [2.24, 2.45) is 0 Å². The topological polar surface area (TPSA) is 72.5 Å². The first kappa shape index (κ1) is 19.5. The molecule has 28 heavy (non-hydrogen) atoms. The van der Waals surface area contributed by atoms with Gasteiger partial charge in [-0.1, -0.05) is 23.7 Å². The number of methoxy groups -OCH3 is 2. The summed E-state index contributed by atoms with van der Waals surface area (Å²) < 4.78 is 10.5. The van der Waals surface area contributed by atoms with Gasteiger partial charge in [-0.05, 0) is 42.0 Å². The van der Waals surface area contributed by atoms with Gasteiger partial charge in [0.1, 0.15) is 5.82 Å². The standard InChI is InChI=1S/C21H20ClN3O3/c1-27-18-9-7-16(12-19(18)28-2)24-17-8-10-20(23-13-17)25-21(26)11-14-3-5-15(22)6-4-14/h3-10,12-13,24H,11H2,1-2H3,(H,23,25,26). The average Bonchev–Trinajstić information content (AvgIpc) is 2.71. The molecular weight excluding hydrogens is 378 g/mol. The number of benzene rings is 2. The highest BCUT2D eigenvalue weighted by Gasteiger charge is 2.07. The number of carbonyl (C=O) groups excluding carboxylic acids is 1. The van der Waals surface area contributed by atoms with Crippen molar-refractivity contribution in [1.82, 2.24) is 4.98 Å². The number of ether oxygens (including phenoxy) is 2. The van der Waals surface area contributed by atoms with Crippen LogP contribution in [-0.2, 0) is 11.2 Å². The second-order valence-corrected chi connectivity index (χ2v) is 6.41. The zero-order valence-electron chi connectivity index (χ0n) is 15.5. The minimum atomic E-state index is -0.143. The number of hydrogen-bond donors (Lipinski definition) is 2. The number of rotatable bonds is 7. The van der Waals surface area contributed by atoms with Gasteiger partial charge < -0.3 is 20.1 Å². The molecule has 0 aliphatic rings. The Morgan fingerprint density at radius 2 is 1.68 bits per heavy atom. The molecule has 0 spiro atoms.